The summed E-state index contributed by atoms with van der Waals surface area (Å²) in [5.41, 5.74) is 1.42. The van der Waals surface area contributed by atoms with Crippen molar-refractivity contribution in [3.63, 3.8) is 0 Å². The molecule has 1 fully saturated rings. The smallest absolute Gasteiger partial charge is 0.157 e. The van der Waals surface area contributed by atoms with Crippen LogP contribution in [-0.4, -0.2) is 40.5 Å². The van der Waals surface area contributed by atoms with Gasteiger partial charge >= 0.3 is 0 Å². The largest absolute Gasteiger partial charge is 0.362 e. The number of piperidine rings is 1. The van der Waals surface area contributed by atoms with Crippen LogP contribution in [-0.2, 0) is 6.54 Å². The van der Waals surface area contributed by atoms with Crippen LogP contribution >= 0.6 is 11.8 Å². The van der Waals surface area contributed by atoms with Gasteiger partial charge < -0.3 is 5.32 Å². The molecule has 0 saturated carbocycles. The average Bonchev–Trinajstić information content (AvgIpc) is 2.88. The predicted octanol–water partition coefficient (Wildman–Crippen LogP) is 3.12. The minimum Gasteiger partial charge on any atom is -0.362 e. The number of nitrogens with zero attached hydrogens (tertiary/aromatic N) is 2. The van der Waals surface area contributed by atoms with Crippen molar-refractivity contribution in [2.75, 3.05) is 13.1 Å². The first kappa shape index (κ1) is 14.9. The number of benzene rings is 1. The summed E-state index contributed by atoms with van der Waals surface area (Å²) in [6.45, 7) is 7.80. The first-order chi connectivity index (χ1) is 10.2. The van der Waals surface area contributed by atoms with Crippen LogP contribution in [0.4, 0.5) is 0 Å². The van der Waals surface area contributed by atoms with Gasteiger partial charge in [0.25, 0.3) is 0 Å². The van der Waals surface area contributed by atoms with Crippen molar-refractivity contribution in [1.29, 1.82) is 0 Å². The van der Waals surface area contributed by atoms with Gasteiger partial charge in [-0.3, -0.25) is 9.89 Å². The molecule has 3 nitrogen and oxygen atoms in total. The number of aliphatic imine (C=N–C) groups is 1. The standard InChI is InChI=1S/C17H25N3S/c1-13-10-16(19-17-18-11-14(2)21-17)8-9-20(13)12-15-6-4-3-5-7-15/h3-7,13-14,16H,8-12H2,1-2H3,(H,18,19). The van der Waals surface area contributed by atoms with Crippen LogP contribution in [0.25, 0.3) is 0 Å². The van der Waals surface area contributed by atoms with Gasteiger partial charge in [0.1, 0.15) is 0 Å². The van der Waals surface area contributed by atoms with Gasteiger partial charge in [0.15, 0.2) is 5.17 Å². The molecule has 2 aliphatic heterocycles. The summed E-state index contributed by atoms with van der Waals surface area (Å²) in [4.78, 5) is 7.17. The second kappa shape index (κ2) is 6.84. The molecule has 0 aliphatic carbocycles. The van der Waals surface area contributed by atoms with E-state index in [1.807, 2.05) is 11.8 Å². The second-order valence-corrected chi connectivity index (χ2v) is 7.67. The van der Waals surface area contributed by atoms with E-state index >= 15 is 0 Å². The summed E-state index contributed by atoms with van der Waals surface area (Å²) >= 11 is 1.89. The molecular formula is C17H25N3S. The normalized spacial score (nSPS) is 30.2. The highest BCUT2D eigenvalue weighted by molar-refractivity contribution is 8.14. The number of likely N-dealkylation sites (tertiary alicyclic amines) is 1. The zero-order valence-electron chi connectivity index (χ0n) is 13.0. The molecule has 1 aromatic carbocycles. The van der Waals surface area contributed by atoms with E-state index in [1.54, 1.807) is 0 Å². The molecule has 2 heterocycles. The third kappa shape index (κ3) is 4.01. The minimum atomic E-state index is 0.587. The van der Waals surface area contributed by atoms with Gasteiger partial charge in [0.2, 0.25) is 0 Å². The van der Waals surface area contributed by atoms with E-state index in [4.69, 9.17) is 0 Å². The fourth-order valence-electron chi connectivity index (χ4n) is 3.14. The first-order valence-corrected chi connectivity index (χ1v) is 8.84. The topological polar surface area (TPSA) is 27.6 Å². The Morgan fingerprint density at radius 1 is 1.29 bits per heavy atom. The average molecular weight is 303 g/mol. The van der Waals surface area contributed by atoms with Gasteiger partial charge in [0.05, 0.1) is 6.54 Å². The fraction of sp³-hybridized carbons (Fsp3) is 0.588. The van der Waals surface area contributed by atoms with Crippen LogP contribution in [0.1, 0.15) is 32.3 Å². The second-order valence-electron chi connectivity index (χ2n) is 6.25. The molecule has 0 aromatic heterocycles. The molecule has 3 atom stereocenters. The van der Waals surface area contributed by atoms with Crippen LogP contribution in [0.3, 0.4) is 0 Å². The molecule has 0 spiro atoms. The van der Waals surface area contributed by atoms with Gasteiger partial charge in [-0.1, -0.05) is 49.0 Å². The van der Waals surface area contributed by atoms with E-state index in [-0.39, 0.29) is 0 Å². The number of thioether (sulfide) groups is 1. The zero-order chi connectivity index (χ0) is 14.7. The Bertz CT molecular complexity index is 488. The molecule has 3 unspecified atom stereocenters. The first-order valence-electron chi connectivity index (χ1n) is 7.96. The molecular weight excluding hydrogens is 278 g/mol. The minimum absolute atomic E-state index is 0.587. The molecule has 21 heavy (non-hydrogen) atoms. The molecule has 4 heteroatoms. The van der Waals surface area contributed by atoms with Gasteiger partial charge in [-0.05, 0) is 25.3 Å². The number of rotatable bonds is 3. The van der Waals surface area contributed by atoms with Crippen molar-refractivity contribution in [3.05, 3.63) is 35.9 Å². The highest BCUT2D eigenvalue weighted by atomic mass is 32.2. The molecule has 1 aromatic rings. The predicted molar refractivity (Wildman–Crippen MR) is 91.8 cm³/mol. The maximum absolute atomic E-state index is 4.58. The lowest BCUT2D eigenvalue weighted by Crippen LogP contribution is -2.47. The van der Waals surface area contributed by atoms with E-state index in [9.17, 15) is 0 Å². The van der Waals surface area contributed by atoms with E-state index in [0.717, 1.165) is 18.3 Å². The molecule has 1 N–H and O–H groups in total. The Morgan fingerprint density at radius 2 is 2.10 bits per heavy atom. The third-order valence-corrected chi connectivity index (χ3v) is 5.40. The van der Waals surface area contributed by atoms with Crippen LogP contribution in [0.5, 0.6) is 0 Å². The van der Waals surface area contributed by atoms with Gasteiger partial charge in [-0.2, -0.15) is 0 Å². The van der Waals surface area contributed by atoms with Crippen LogP contribution in [0.15, 0.2) is 35.3 Å². The quantitative estimate of drug-likeness (QED) is 0.930. The van der Waals surface area contributed by atoms with Crippen molar-refractivity contribution in [3.8, 4) is 0 Å². The zero-order valence-corrected chi connectivity index (χ0v) is 13.8. The number of hydrogen-bond acceptors (Lipinski definition) is 4. The summed E-state index contributed by atoms with van der Waals surface area (Å²) in [6, 6.07) is 12.0. The van der Waals surface area contributed by atoms with E-state index in [0.29, 0.717) is 17.3 Å². The van der Waals surface area contributed by atoms with Crippen molar-refractivity contribution in [1.82, 2.24) is 10.2 Å². The lowest BCUT2D eigenvalue weighted by Gasteiger charge is -2.38. The summed E-state index contributed by atoms with van der Waals surface area (Å²) in [6.07, 6.45) is 2.42. The van der Waals surface area contributed by atoms with Crippen LogP contribution in [0, 0.1) is 0 Å². The highest BCUT2D eigenvalue weighted by Gasteiger charge is 2.27. The number of nitrogens with one attached hydrogen (secondary N) is 1. The van der Waals surface area contributed by atoms with Crippen molar-refractivity contribution in [2.24, 2.45) is 4.99 Å². The third-order valence-electron chi connectivity index (χ3n) is 4.37. The van der Waals surface area contributed by atoms with E-state index in [2.05, 4.69) is 59.4 Å². The summed E-state index contributed by atoms with van der Waals surface area (Å²) in [5, 5.41) is 5.45. The summed E-state index contributed by atoms with van der Waals surface area (Å²) in [5.74, 6) is 0. The molecule has 114 valence electrons. The van der Waals surface area contributed by atoms with Gasteiger partial charge in [-0.25, -0.2) is 0 Å². The van der Waals surface area contributed by atoms with Crippen molar-refractivity contribution < 1.29 is 0 Å². The molecule has 2 aliphatic rings. The maximum Gasteiger partial charge on any atom is 0.157 e. The SMILES string of the molecule is CC1CN=C(NC2CCN(Cc3ccccc3)C(C)C2)S1. The maximum atomic E-state index is 4.58. The summed E-state index contributed by atoms with van der Waals surface area (Å²) in [7, 11) is 0. The van der Waals surface area contributed by atoms with E-state index < -0.39 is 0 Å². The van der Waals surface area contributed by atoms with E-state index in [1.165, 1.54) is 24.9 Å². The van der Waals surface area contributed by atoms with Gasteiger partial charge in [-0.15, -0.1) is 0 Å². The van der Waals surface area contributed by atoms with Crippen LogP contribution in [0.2, 0.25) is 0 Å². The van der Waals surface area contributed by atoms with Crippen molar-refractivity contribution in [2.45, 2.75) is 50.6 Å². The van der Waals surface area contributed by atoms with Gasteiger partial charge in [0, 0.05) is 30.4 Å². The number of hydrogen-bond donors (Lipinski definition) is 1. The Labute approximate surface area is 132 Å². The summed E-state index contributed by atoms with van der Waals surface area (Å²) < 4.78 is 0. The Balaban J connectivity index is 1.50. The Morgan fingerprint density at radius 3 is 2.76 bits per heavy atom. The Hall–Kier alpha value is -1.00. The Kier molecular flexibility index (Phi) is 4.86. The van der Waals surface area contributed by atoms with Crippen molar-refractivity contribution >= 4 is 16.9 Å². The fourth-order valence-corrected chi connectivity index (χ4v) is 4.05. The lowest BCUT2D eigenvalue weighted by atomic mass is 9.98. The molecule has 1 saturated heterocycles. The number of amidine groups is 1. The highest BCUT2D eigenvalue weighted by Crippen LogP contribution is 2.23. The van der Waals surface area contributed by atoms with Crippen LogP contribution < -0.4 is 5.32 Å². The molecule has 3 rings (SSSR count). The lowest BCUT2D eigenvalue weighted by molar-refractivity contribution is 0.135. The molecule has 0 amide bonds. The molecule has 0 bridgehead atoms. The molecule has 0 radical (unpaired) electrons. The monoisotopic (exact) mass is 303 g/mol.